The van der Waals surface area contributed by atoms with Crippen LogP contribution in [0, 0.1) is 20.8 Å². The summed E-state index contributed by atoms with van der Waals surface area (Å²) in [6, 6.07) is 14.2. The highest BCUT2D eigenvalue weighted by Crippen LogP contribution is 2.19. The first-order chi connectivity index (χ1) is 10.5. The molecule has 0 aliphatic carbocycles. The Morgan fingerprint density at radius 1 is 0.955 bits per heavy atom. The molecular formula is C19H24N2O. The van der Waals surface area contributed by atoms with Crippen LogP contribution in [-0.2, 0) is 4.79 Å². The number of benzene rings is 2. The van der Waals surface area contributed by atoms with Crippen LogP contribution in [0.15, 0.2) is 42.5 Å². The largest absolute Gasteiger partial charge is 0.376 e. The monoisotopic (exact) mass is 296 g/mol. The predicted molar refractivity (Wildman–Crippen MR) is 92.1 cm³/mol. The van der Waals surface area contributed by atoms with E-state index in [4.69, 9.17) is 0 Å². The summed E-state index contributed by atoms with van der Waals surface area (Å²) in [5, 5.41) is 6.29. The molecule has 0 aliphatic rings. The van der Waals surface area contributed by atoms with Crippen molar-refractivity contribution in [3.8, 4) is 0 Å². The van der Waals surface area contributed by atoms with Gasteiger partial charge in [-0.05, 0) is 49.9 Å². The maximum Gasteiger partial charge on any atom is 0.239 e. The zero-order valence-corrected chi connectivity index (χ0v) is 13.7. The number of hydrogen-bond donors (Lipinski definition) is 2. The third kappa shape index (κ3) is 3.88. The second-order valence-electron chi connectivity index (χ2n) is 5.77. The van der Waals surface area contributed by atoms with Crippen LogP contribution < -0.4 is 10.6 Å². The number of para-hydroxylation sites is 1. The molecule has 0 saturated carbocycles. The molecule has 3 heteroatoms. The lowest BCUT2D eigenvalue weighted by molar-refractivity contribution is -0.120. The van der Waals surface area contributed by atoms with Gasteiger partial charge in [-0.25, -0.2) is 0 Å². The first kappa shape index (κ1) is 16.1. The van der Waals surface area contributed by atoms with Gasteiger partial charge in [0.05, 0.1) is 12.6 Å². The topological polar surface area (TPSA) is 41.1 Å². The highest BCUT2D eigenvalue weighted by Gasteiger charge is 2.11. The highest BCUT2D eigenvalue weighted by molar-refractivity contribution is 5.81. The molecule has 2 aromatic rings. The van der Waals surface area contributed by atoms with Crippen molar-refractivity contribution < 1.29 is 4.79 Å². The van der Waals surface area contributed by atoms with Crippen LogP contribution in [-0.4, -0.2) is 12.5 Å². The molecule has 0 aliphatic heterocycles. The molecule has 2 N–H and O–H groups in total. The predicted octanol–water partition coefficient (Wildman–Crippen LogP) is 3.90. The normalized spacial score (nSPS) is 11.8. The fraction of sp³-hybridized carbons (Fsp3) is 0.316. The van der Waals surface area contributed by atoms with Gasteiger partial charge >= 0.3 is 0 Å². The number of nitrogens with one attached hydrogen (secondary N) is 2. The van der Waals surface area contributed by atoms with Gasteiger partial charge in [-0.1, -0.05) is 42.5 Å². The number of rotatable bonds is 5. The quantitative estimate of drug-likeness (QED) is 0.878. The van der Waals surface area contributed by atoms with Crippen molar-refractivity contribution >= 4 is 11.6 Å². The first-order valence-corrected chi connectivity index (χ1v) is 7.64. The van der Waals surface area contributed by atoms with Crippen molar-refractivity contribution in [2.75, 3.05) is 11.9 Å². The van der Waals surface area contributed by atoms with Crippen LogP contribution in [0.4, 0.5) is 5.69 Å². The van der Waals surface area contributed by atoms with Crippen LogP contribution in [0.25, 0.3) is 0 Å². The summed E-state index contributed by atoms with van der Waals surface area (Å²) < 4.78 is 0. The lowest BCUT2D eigenvalue weighted by atomic mass is 10.0. The van der Waals surface area contributed by atoms with E-state index in [1.54, 1.807) is 0 Å². The molecule has 0 bridgehead atoms. The zero-order chi connectivity index (χ0) is 16.1. The Bertz CT molecular complexity index is 644. The molecule has 1 atom stereocenters. The smallest absolute Gasteiger partial charge is 0.239 e. The highest BCUT2D eigenvalue weighted by atomic mass is 16.1. The lowest BCUT2D eigenvalue weighted by Crippen LogP contribution is -2.32. The van der Waals surface area contributed by atoms with Gasteiger partial charge in [0.1, 0.15) is 0 Å². The van der Waals surface area contributed by atoms with Crippen LogP contribution in [0.5, 0.6) is 0 Å². The average molecular weight is 296 g/mol. The number of carbonyl (C=O) groups excluding carboxylic acids is 1. The van der Waals surface area contributed by atoms with Gasteiger partial charge in [-0.15, -0.1) is 0 Å². The van der Waals surface area contributed by atoms with E-state index < -0.39 is 0 Å². The molecule has 1 unspecified atom stereocenters. The van der Waals surface area contributed by atoms with Gasteiger partial charge in [0.25, 0.3) is 0 Å². The summed E-state index contributed by atoms with van der Waals surface area (Å²) >= 11 is 0. The Balaban J connectivity index is 1.95. The third-order valence-electron chi connectivity index (χ3n) is 3.94. The molecule has 0 saturated heterocycles. The molecule has 2 rings (SSSR count). The summed E-state index contributed by atoms with van der Waals surface area (Å²) in [5.41, 5.74) is 5.70. The number of anilines is 1. The maximum atomic E-state index is 12.2. The Kier molecular flexibility index (Phi) is 5.21. The molecule has 2 aromatic carbocycles. The average Bonchev–Trinajstić information content (AvgIpc) is 2.47. The van der Waals surface area contributed by atoms with Crippen LogP contribution in [0.1, 0.15) is 35.2 Å². The molecule has 22 heavy (non-hydrogen) atoms. The minimum absolute atomic E-state index is 0.00148. The molecule has 0 spiro atoms. The second kappa shape index (κ2) is 7.12. The Morgan fingerprint density at radius 3 is 2.18 bits per heavy atom. The molecule has 0 fully saturated rings. The Morgan fingerprint density at radius 2 is 1.55 bits per heavy atom. The van der Waals surface area contributed by atoms with E-state index in [0.717, 1.165) is 22.4 Å². The van der Waals surface area contributed by atoms with Gasteiger partial charge in [0, 0.05) is 5.69 Å². The molecule has 0 heterocycles. The lowest BCUT2D eigenvalue weighted by Gasteiger charge is -2.18. The summed E-state index contributed by atoms with van der Waals surface area (Å²) in [6.07, 6.45) is 0. The van der Waals surface area contributed by atoms with E-state index in [0.29, 0.717) is 0 Å². The summed E-state index contributed by atoms with van der Waals surface area (Å²) in [4.78, 5) is 12.2. The zero-order valence-electron chi connectivity index (χ0n) is 13.7. The fourth-order valence-electron chi connectivity index (χ4n) is 2.70. The van der Waals surface area contributed by atoms with Gasteiger partial charge in [-0.2, -0.15) is 0 Å². The minimum Gasteiger partial charge on any atom is -0.376 e. The van der Waals surface area contributed by atoms with E-state index in [1.165, 1.54) is 5.56 Å². The van der Waals surface area contributed by atoms with E-state index >= 15 is 0 Å². The minimum atomic E-state index is -0.00148. The summed E-state index contributed by atoms with van der Waals surface area (Å²) in [7, 11) is 0. The molecule has 0 aromatic heterocycles. The molecule has 1 amide bonds. The van der Waals surface area contributed by atoms with Crippen molar-refractivity contribution in [2.24, 2.45) is 0 Å². The van der Waals surface area contributed by atoms with E-state index in [2.05, 4.69) is 29.7 Å². The first-order valence-electron chi connectivity index (χ1n) is 7.64. The van der Waals surface area contributed by atoms with Crippen molar-refractivity contribution in [3.63, 3.8) is 0 Å². The maximum absolute atomic E-state index is 12.2. The van der Waals surface area contributed by atoms with Gasteiger partial charge in [-0.3, -0.25) is 4.79 Å². The fourth-order valence-corrected chi connectivity index (χ4v) is 2.70. The van der Waals surface area contributed by atoms with Crippen LogP contribution in [0.2, 0.25) is 0 Å². The number of hydrogen-bond acceptors (Lipinski definition) is 2. The summed E-state index contributed by atoms with van der Waals surface area (Å²) in [5.74, 6) is -0.00148. The standard InChI is InChI=1S/C19H24N2O/c1-13-8-5-6-11-17(13)16(4)21-18(22)12-20-19-14(2)9-7-10-15(19)3/h5-11,16,20H,12H2,1-4H3,(H,21,22). The summed E-state index contributed by atoms with van der Waals surface area (Å²) in [6.45, 7) is 8.44. The van der Waals surface area contributed by atoms with Crippen molar-refractivity contribution in [3.05, 3.63) is 64.7 Å². The van der Waals surface area contributed by atoms with E-state index in [-0.39, 0.29) is 18.5 Å². The van der Waals surface area contributed by atoms with E-state index in [9.17, 15) is 4.79 Å². The SMILES string of the molecule is Cc1ccccc1C(C)NC(=O)CNc1c(C)cccc1C. The Hall–Kier alpha value is -2.29. The van der Waals surface area contributed by atoms with Crippen molar-refractivity contribution in [2.45, 2.75) is 33.7 Å². The van der Waals surface area contributed by atoms with Gasteiger partial charge in [0.15, 0.2) is 0 Å². The van der Waals surface area contributed by atoms with Crippen LogP contribution >= 0.6 is 0 Å². The van der Waals surface area contributed by atoms with Crippen molar-refractivity contribution in [1.82, 2.24) is 5.32 Å². The van der Waals surface area contributed by atoms with Crippen LogP contribution in [0.3, 0.4) is 0 Å². The third-order valence-corrected chi connectivity index (χ3v) is 3.94. The number of carbonyl (C=O) groups is 1. The molecule has 0 radical (unpaired) electrons. The second-order valence-corrected chi connectivity index (χ2v) is 5.77. The van der Waals surface area contributed by atoms with Crippen molar-refractivity contribution in [1.29, 1.82) is 0 Å². The Labute approximate surface area is 132 Å². The number of amides is 1. The van der Waals surface area contributed by atoms with Gasteiger partial charge < -0.3 is 10.6 Å². The van der Waals surface area contributed by atoms with E-state index in [1.807, 2.05) is 51.1 Å². The molecular weight excluding hydrogens is 272 g/mol. The molecule has 116 valence electrons. The molecule has 3 nitrogen and oxygen atoms in total. The van der Waals surface area contributed by atoms with Gasteiger partial charge in [0.2, 0.25) is 5.91 Å². The number of aryl methyl sites for hydroxylation is 3.